The van der Waals surface area contributed by atoms with Crippen LogP contribution in [0.4, 0.5) is 0 Å². The van der Waals surface area contributed by atoms with Crippen LogP contribution in [-0.4, -0.2) is 42.2 Å². The van der Waals surface area contributed by atoms with Gasteiger partial charge in [-0.25, -0.2) is 0 Å². The van der Waals surface area contributed by atoms with E-state index in [9.17, 15) is 9.90 Å². The molecule has 1 saturated heterocycles. The maximum atomic E-state index is 11.2. The number of carboxylic acids is 1. The molecule has 0 amide bonds. The third-order valence-electron chi connectivity index (χ3n) is 4.68. The molecule has 4 heteroatoms. The Morgan fingerprint density at radius 1 is 1.26 bits per heavy atom. The first-order valence-electron chi connectivity index (χ1n) is 8.14. The third-order valence-corrected chi connectivity index (χ3v) is 4.68. The summed E-state index contributed by atoms with van der Waals surface area (Å²) in [6, 6.07) is 14.4. The van der Waals surface area contributed by atoms with Gasteiger partial charge in [0.15, 0.2) is 0 Å². The van der Waals surface area contributed by atoms with E-state index in [1.807, 2.05) is 25.1 Å². The first-order chi connectivity index (χ1) is 11.1. The number of likely N-dealkylation sites (tertiary alicyclic amines) is 1. The number of fused-ring (bicyclic) bond motifs is 1. The summed E-state index contributed by atoms with van der Waals surface area (Å²) in [5.41, 5.74) is -0.584. The molecule has 1 fully saturated rings. The Morgan fingerprint density at radius 2 is 2.04 bits per heavy atom. The Morgan fingerprint density at radius 3 is 2.78 bits per heavy atom. The van der Waals surface area contributed by atoms with Gasteiger partial charge in [-0.05, 0) is 49.2 Å². The summed E-state index contributed by atoms with van der Waals surface area (Å²) >= 11 is 0. The quantitative estimate of drug-likeness (QED) is 0.830. The third kappa shape index (κ3) is 3.64. The van der Waals surface area contributed by atoms with Crippen LogP contribution in [-0.2, 0) is 4.79 Å². The maximum absolute atomic E-state index is 11.2. The standard InChI is InChI=1S/C19H23NO3/c1-19(18(21)22)9-11-20(14-19)10-4-12-23-17-8-7-15-5-2-3-6-16(15)13-17/h2-3,5-8,13H,4,9-12,14H2,1H3,(H,21,22). The Kier molecular flexibility index (Phi) is 4.53. The Bertz CT molecular complexity index is 700. The van der Waals surface area contributed by atoms with Crippen molar-refractivity contribution in [2.75, 3.05) is 26.2 Å². The van der Waals surface area contributed by atoms with E-state index in [-0.39, 0.29) is 0 Å². The summed E-state index contributed by atoms with van der Waals surface area (Å²) in [4.78, 5) is 13.5. The van der Waals surface area contributed by atoms with Crippen LogP contribution in [0.2, 0.25) is 0 Å². The van der Waals surface area contributed by atoms with E-state index >= 15 is 0 Å². The molecule has 0 bridgehead atoms. The predicted molar refractivity (Wildman–Crippen MR) is 90.9 cm³/mol. The first-order valence-corrected chi connectivity index (χ1v) is 8.14. The van der Waals surface area contributed by atoms with Gasteiger partial charge < -0.3 is 14.7 Å². The molecule has 0 aliphatic carbocycles. The Hall–Kier alpha value is -2.07. The molecule has 23 heavy (non-hydrogen) atoms. The van der Waals surface area contributed by atoms with Gasteiger partial charge in [0.2, 0.25) is 0 Å². The molecule has 4 nitrogen and oxygen atoms in total. The molecule has 0 aromatic heterocycles. The molecule has 2 aromatic rings. The van der Waals surface area contributed by atoms with E-state index in [0.717, 1.165) is 31.7 Å². The van der Waals surface area contributed by atoms with E-state index in [1.165, 1.54) is 10.8 Å². The predicted octanol–water partition coefficient (Wildman–Crippen LogP) is 3.41. The van der Waals surface area contributed by atoms with E-state index < -0.39 is 11.4 Å². The van der Waals surface area contributed by atoms with Gasteiger partial charge in [-0.1, -0.05) is 30.3 Å². The second-order valence-electron chi connectivity index (χ2n) is 6.60. The summed E-state index contributed by atoms with van der Waals surface area (Å²) in [7, 11) is 0. The van der Waals surface area contributed by atoms with Gasteiger partial charge in [-0.15, -0.1) is 0 Å². The minimum atomic E-state index is -0.688. The number of ether oxygens (including phenoxy) is 1. The van der Waals surface area contributed by atoms with E-state index in [2.05, 4.69) is 29.2 Å². The van der Waals surface area contributed by atoms with Crippen LogP contribution in [0.3, 0.4) is 0 Å². The van der Waals surface area contributed by atoms with Gasteiger partial charge in [0.1, 0.15) is 5.75 Å². The highest BCUT2D eigenvalue weighted by Crippen LogP contribution is 2.30. The van der Waals surface area contributed by atoms with Gasteiger partial charge in [-0.3, -0.25) is 4.79 Å². The summed E-state index contributed by atoms with van der Waals surface area (Å²) in [5, 5.41) is 11.6. The molecule has 1 unspecified atom stereocenters. The van der Waals surface area contributed by atoms with Crippen LogP contribution in [0.25, 0.3) is 10.8 Å². The molecule has 1 aliphatic rings. The van der Waals surface area contributed by atoms with Crippen molar-refractivity contribution in [2.45, 2.75) is 19.8 Å². The number of carboxylic acid groups (broad SMARTS) is 1. The van der Waals surface area contributed by atoms with Crippen LogP contribution < -0.4 is 4.74 Å². The van der Waals surface area contributed by atoms with Crippen molar-refractivity contribution < 1.29 is 14.6 Å². The zero-order chi connectivity index (χ0) is 16.3. The number of benzene rings is 2. The van der Waals surface area contributed by atoms with Crippen molar-refractivity contribution in [3.8, 4) is 5.75 Å². The molecule has 1 aliphatic heterocycles. The lowest BCUT2D eigenvalue weighted by atomic mass is 9.90. The number of rotatable bonds is 6. The number of aliphatic carboxylic acids is 1. The zero-order valence-corrected chi connectivity index (χ0v) is 13.5. The van der Waals surface area contributed by atoms with E-state index in [0.29, 0.717) is 13.2 Å². The lowest BCUT2D eigenvalue weighted by molar-refractivity contribution is -0.147. The van der Waals surface area contributed by atoms with Crippen molar-refractivity contribution >= 4 is 16.7 Å². The molecule has 122 valence electrons. The lowest BCUT2D eigenvalue weighted by Gasteiger charge is -2.20. The Balaban J connectivity index is 1.45. The summed E-state index contributed by atoms with van der Waals surface area (Å²) in [6.45, 7) is 4.87. The minimum Gasteiger partial charge on any atom is -0.494 e. The summed E-state index contributed by atoms with van der Waals surface area (Å²) in [6.07, 6.45) is 1.64. The highest BCUT2D eigenvalue weighted by molar-refractivity contribution is 5.83. The zero-order valence-electron chi connectivity index (χ0n) is 13.5. The fraction of sp³-hybridized carbons (Fsp3) is 0.421. The SMILES string of the molecule is CC1(C(=O)O)CCN(CCCOc2ccc3ccccc3c2)C1. The molecule has 2 aromatic carbocycles. The van der Waals surface area contributed by atoms with Crippen molar-refractivity contribution in [3.63, 3.8) is 0 Å². The van der Waals surface area contributed by atoms with Crippen LogP contribution in [0.15, 0.2) is 42.5 Å². The molecule has 1 atom stereocenters. The van der Waals surface area contributed by atoms with Gasteiger partial charge in [0, 0.05) is 13.1 Å². The lowest BCUT2D eigenvalue weighted by Crippen LogP contribution is -2.32. The van der Waals surface area contributed by atoms with Gasteiger partial charge in [0.25, 0.3) is 0 Å². The maximum Gasteiger partial charge on any atom is 0.310 e. The highest BCUT2D eigenvalue weighted by Gasteiger charge is 2.39. The minimum absolute atomic E-state index is 0.584. The van der Waals surface area contributed by atoms with Gasteiger partial charge >= 0.3 is 5.97 Å². The highest BCUT2D eigenvalue weighted by atomic mass is 16.5. The van der Waals surface area contributed by atoms with Crippen molar-refractivity contribution in [1.82, 2.24) is 4.90 Å². The molecular formula is C19H23NO3. The number of carbonyl (C=O) groups is 1. The fourth-order valence-corrected chi connectivity index (χ4v) is 3.16. The average molecular weight is 313 g/mol. The van der Waals surface area contributed by atoms with Crippen LogP contribution >= 0.6 is 0 Å². The monoisotopic (exact) mass is 313 g/mol. The van der Waals surface area contributed by atoms with E-state index in [4.69, 9.17) is 4.74 Å². The van der Waals surface area contributed by atoms with Crippen molar-refractivity contribution in [1.29, 1.82) is 0 Å². The molecule has 1 N–H and O–H groups in total. The second kappa shape index (κ2) is 6.59. The molecule has 3 rings (SSSR count). The van der Waals surface area contributed by atoms with Gasteiger partial charge in [-0.2, -0.15) is 0 Å². The largest absolute Gasteiger partial charge is 0.494 e. The van der Waals surface area contributed by atoms with Crippen molar-refractivity contribution in [3.05, 3.63) is 42.5 Å². The normalized spacial score (nSPS) is 21.6. The smallest absolute Gasteiger partial charge is 0.310 e. The Labute approximate surface area is 136 Å². The average Bonchev–Trinajstić information content (AvgIpc) is 2.94. The number of hydrogen-bond acceptors (Lipinski definition) is 3. The van der Waals surface area contributed by atoms with Crippen LogP contribution in [0, 0.1) is 5.41 Å². The second-order valence-corrected chi connectivity index (χ2v) is 6.60. The molecule has 0 saturated carbocycles. The number of hydrogen-bond donors (Lipinski definition) is 1. The first kappa shape index (κ1) is 15.8. The van der Waals surface area contributed by atoms with Crippen molar-refractivity contribution in [2.24, 2.45) is 5.41 Å². The fourth-order valence-electron chi connectivity index (χ4n) is 3.16. The van der Waals surface area contributed by atoms with E-state index in [1.54, 1.807) is 0 Å². The van der Waals surface area contributed by atoms with Gasteiger partial charge in [0.05, 0.1) is 12.0 Å². The molecule has 0 radical (unpaired) electrons. The summed E-state index contributed by atoms with van der Waals surface area (Å²) < 4.78 is 5.83. The topological polar surface area (TPSA) is 49.8 Å². The summed E-state index contributed by atoms with van der Waals surface area (Å²) in [5.74, 6) is 0.202. The molecular weight excluding hydrogens is 290 g/mol. The molecule has 1 heterocycles. The van der Waals surface area contributed by atoms with Crippen LogP contribution in [0.1, 0.15) is 19.8 Å². The van der Waals surface area contributed by atoms with Crippen LogP contribution in [0.5, 0.6) is 5.75 Å². The number of nitrogens with zero attached hydrogens (tertiary/aromatic N) is 1. The molecule has 0 spiro atoms.